The zero-order valence-corrected chi connectivity index (χ0v) is 9.46. The van der Waals surface area contributed by atoms with Crippen molar-refractivity contribution in [1.29, 1.82) is 5.26 Å². The van der Waals surface area contributed by atoms with Crippen LogP contribution in [0, 0.1) is 11.5 Å². The van der Waals surface area contributed by atoms with Crippen LogP contribution in [0.2, 0.25) is 0 Å². The van der Waals surface area contributed by atoms with E-state index in [0.717, 1.165) is 25.8 Å². The number of nitrogens with zero attached hydrogens (tertiary/aromatic N) is 3. The number of hydrogen-bond donors (Lipinski definition) is 1. The highest BCUT2D eigenvalue weighted by atomic mass is 32.2. The predicted molar refractivity (Wildman–Crippen MR) is 60.1 cm³/mol. The molecule has 1 amide bonds. The number of nitriles is 1. The van der Waals surface area contributed by atoms with Crippen LogP contribution in [0.15, 0.2) is 4.99 Å². The monoisotopic (exact) mass is 226 g/mol. The number of carbonyl (C=O) groups is 1. The quantitative estimate of drug-likeness (QED) is 0.401. The van der Waals surface area contributed by atoms with Gasteiger partial charge in [0, 0.05) is 6.54 Å². The van der Waals surface area contributed by atoms with Crippen molar-refractivity contribution in [1.82, 2.24) is 4.90 Å². The maximum absolute atomic E-state index is 11.2. The molecule has 1 atom stereocenters. The zero-order valence-electron chi connectivity index (χ0n) is 8.64. The first kappa shape index (κ1) is 11.9. The van der Waals surface area contributed by atoms with Gasteiger partial charge in [-0.05, 0) is 25.5 Å². The lowest BCUT2D eigenvalue weighted by molar-refractivity contribution is -0.122. The van der Waals surface area contributed by atoms with Crippen LogP contribution < -0.4 is 5.73 Å². The van der Waals surface area contributed by atoms with Gasteiger partial charge in [0.1, 0.15) is 6.04 Å². The third-order valence-electron chi connectivity index (χ3n) is 2.41. The van der Waals surface area contributed by atoms with Gasteiger partial charge in [0.15, 0.2) is 5.17 Å². The summed E-state index contributed by atoms with van der Waals surface area (Å²) in [5, 5.41) is 9.11. The molecule has 1 saturated heterocycles. The Labute approximate surface area is 93.3 Å². The van der Waals surface area contributed by atoms with Crippen LogP contribution >= 0.6 is 11.8 Å². The van der Waals surface area contributed by atoms with E-state index in [9.17, 15) is 4.79 Å². The summed E-state index contributed by atoms with van der Waals surface area (Å²) in [6, 6.07) is -0.307. The number of rotatable bonds is 1. The van der Waals surface area contributed by atoms with E-state index in [0.29, 0.717) is 5.17 Å². The van der Waals surface area contributed by atoms with Crippen molar-refractivity contribution in [3.05, 3.63) is 0 Å². The molecular weight excluding hydrogens is 212 g/mol. The third kappa shape index (κ3) is 2.86. The van der Waals surface area contributed by atoms with Crippen LogP contribution in [0.3, 0.4) is 0 Å². The smallest absolute Gasteiger partial charge is 0.240 e. The Kier molecular flexibility index (Phi) is 4.43. The molecule has 1 aliphatic rings. The maximum atomic E-state index is 11.2. The van der Waals surface area contributed by atoms with Crippen molar-refractivity contribution in [2.75, 3.05) is 12.8 Å². The van der Waals surface area contributed by atoms with E-state index in [1.54, 1.807) is 6.19 Å². The minimum atomic E-state index is -0.339. The van der Waals surface area contributed by atoms with Gasteiger partial charge in [-0.2, -0.15) is 5.26 Å². The fourth-order valence-electron chi connectivity index (χ4n) is 1.73. The molecule has 0 bridgehead atoms. The summed E-state index contributed by atoms with van der Waals surface area (Å²) in [7, 11) is 0. The van der Waals surface area contributed by atoms with Crippen LogP contribution in [-0.4, -0.2) is 34.8 Å². The van der Waals surface area contributed by atoms with Crippen molar-refractivity contribution < 1.29 is 4.79 Å². The molecule has 0 saturated carbocycles. The van der Waals surface area contributed by atoms with E-state index in [-0.39, 0.29) is 11.9 Å². The first-order valence-electron chi connectivity index (χ1n) is 4.77. The van der Waals surface area contributed by atoms with Crippen LogP contribution in [0.1, 0.15) is 19.3 Å². The lowest BCUT2D eigenvalue weighted by atomic mass is 10.0. The van der Waals surface area contributed by atoms with E-state index in [4.69, 9.17) is 11.0 Å². The number of carbonyl (C=O) groups excluding carboxylic acids is 1. The topological polar surface area (TPSA) is 82.5 Å². The van der Waals surface area contributed by atoms with E-state index in [1.165, 1.54) is 11.8 Å². The minimum Gasteiger partial charge on any atom is -0.368 e. The molecule has 1 aliphatic heterocycles. The number of likely N-dealkylation sites (tertiary alicyclic amines) is 1. The molecule has 0 radical (unpaired) electrons. The van der Waals surface area contributed by atoms with E-state index in [2.05, 4.69) is 4.99 Å². The number of nitrogens with two attached hydrogens (primary N) is 1. The number of primary amides is 1. The SMILES string of the molecule is CSC(=NC#N)N1CCCCC1C(N)=O. The fourth-order valence-corrected chi connectivity index (χ4v) is 2.31. The van der Waals surface area contributed by atoms with E-state index in [1.807, 2.05) is 11.2 Å². The molecule has 0 spiro atoms. The van der Waals surface area contributed by atoms with Gasteiger partial charge in [0.25, 0.3) is 0 Å². The van der Waals surface area contributed by atoms with Crippen molar-refractivity contribution in [3.8, 4) is 6.19 Å². The summed E-state index contributed by atoms with van der Waals surface area (Å²) in [5.41, 5.74) is 5.32. The molecule has 0 aromatic carbocycles. The molecule has 6 heteroatoms. The fraction of sp³-hybridized carbons (Fsp3) is 0.667. The summed E-state index contributed by atoms with van der Waals surface area (Å²) < 4.78 is 0. The van der Waals surface area contributed by atoms with E-state index >= 15 is 0 Å². The molecule has 15 heavy (non-hydrogen) atoms. The van der Waals surface area contributed by atoms with Crippen molar-refractivity contribution >= 4 is 22.8 Å². The van der Waals surface area contributed by atoms with Crippen LogP contribution in [0.5, 0.6) is 0 Å². The highest BCUT2D eigenvalue weighted by Gasteiger charge is 2.29. The molecule has 0 aromatic heterocycles. The first-order chi connectivity index (χ1) is 7.20. The van der Waals surface area contributed by atoms with Gasteiger partial charge in [-0.25, -0.2) is 0 Å². The zero-order chi connectivity index (χ0) is 11.3. The molecular formula is C9H14N4OS. The Hall–Kier alpha value is -1.22. The molecule has 2 N–H and O–H groups in total. The maximum Gasteiger partial charge on any atom is 0.240 e. The lowest BCUT2D eigenvalue weighted by Crippen LogP contribution is -2.49. The molecule has 0 aliphatic carbocycles. The van der Waals surface area contributed by atoms with Gasteiger partial charge in [0.2, 0.25) is 12.1 Å². The average Bonchev–Trinajstić information content (AvgIpc) is 2.26. The average molecular weight is 226 g/mol. The summed E-state index contributed by atoms with van der Waals surface area (Å²) in [6.07, 6.45) is 6.34. The second-order valence-electron chi connectivity index (χ2n) is 3.31. The Balaban J connectivity index is 2.84. The number of aliphatic imine (C=N–C) groups is 1. The van der Waals surface area contributed by atoms with Gasteiger partial charge in [-0.1, -0.05) is 11.8 Å². The van der Waals surface area contributed by atoms with Crippen molar-refractivity contribution in [2.45, 2.75) is 25.3 Å². The highest BCUT2D eigenvalue weighted by Crippen LogP contribution is 2.20. The largest absolute Gasteiger partial charge is 0.368 e. The van der Waals surface area contributed by atoms with Gasteiger partial charge in [0.05, 0.1) is 0 Å². The molecule has 1 fully saturated rings. The van der Waals surface area contributed by atoms with Crippen molar-refractivity contribution in [3.63, 3.8) is 0 Å². The summed E-state index contributed by atoms with van der Waals surface area (Å²) in [6.45, 7) is 0.745. The normalized spacial score (nSPS) is 22.3. The molecule has 5 nitrogen and oxygen atoms in total. The molecule has 1 rings (SSSR count). The Morgan fingerprint density at radius 3 is 2.93 bits per heavy atom. The number of thioether (sulfide) groups is 1. The lowest BCUT2D eigenvalue weighted by Gasteiger charge is -2.34. The van der Waals surface area contributed by atoms with E-state index < -0.39 is 0 Å². The first-order valence-corrected chi connectivity index (χ1v) is 6.00. The molecule has 82 valence electrons. The number of amidine groups is 1. The number of amides is 1. The molecule has 1 heterocycles. The summed E-state index contributed by atoms with van der Waals surface area (Å²) in [4.78, 5) is 16.8. The highest BCUT2D eigenvalue weighted by molar-refractivity contribution is 8.13. The summed E-state index contributed by atoms with van der Waals surface area (Å²) in [5.74, 6) is -0.339. The van der Waals surface area contributed by atoms with Gasteiger partial charge < -0.3 is 10.6 Å². The minimum absolute atomic E-state index is 0.307. The van der Waals surface area contributed by atoms with Crippen LogP contribution in [0.25, 0.3) is 0 Å². The predicted octanol–water partition coefficient (Wildman–Crippen LogP) is 0.526. The second-order valence-corrected chi connectivity index (χ2v) is 4.08. The van der Waals surface area contributed by atoms with Gasteiger partial charge in [-0.15, -0.1) is 4.99 Å². The number of hydrogen-bond acceptors (Lipinski definition) is 4. The standard InChI is InChI=1S/C9H14N4OS/c1-15-9(12-6-10)13-5-3-2-4-7(13)8(11)14/h7H,2-5H2,1H3,(H2,11,14). The molecule has 1 unspecified atom stereocenters. The Morgan fingerprint density at radius 1 is 1.67 bits per heavy atom. The third-order valence-corrected chi connectivity index (χ3v) is 3.10. The number of piperidine rings is 1. The van der Waals surface area contributed by atoms with Crippen molar-refractivity contribution in [2.24, 2.45) is 10.7 Å². The Bertz CT molecular complexity index is 310. The van der Waals surface area contributed by atoms with Crippen LogP contribution in [-0.2, 0) is 4.79 Å². The van der Waals surface area contributed by atoms with Crippen LogP contribution in [0.4, 0.5) is 0 Å². The Morgan fingerprint density at radius 2 is 2.40 bits per heavy atom. The van der Waals surface area contributed by atoms with Gasteiger partial charge >= 0.3 is 0 Å². The molecule has 0 aromatic rings. The summed E-state index contributed by atoms with van der Waals surface area (Å²) >= 11 is 1.37. The second kappa shape index (κ2) is 5.61. The van der Waals surface area contributed by atoms with Gasteiger partial charge in [-0.3, -0.25) is 4.79 Å².